The number of hydrogen-bond donors (Lipinski definition) is 2. The summed E-state index contributed by atoms with van der Waals surface area (Å²) in [4.78, 5) is 11.0. The molecule has 2 N–H and O–H groups in total. The molecule has 3 nitrogen and oxygen atoms in total. The topological polar surface area (TPSA) is 41.5 Å². The highest BCUT2D eigenvalue weighted by atomic mass is 32.9. The van der Waals surface area contributed by atoms with Crippen molar-refractivity contribution in [1.29, 1.82) is 0 Å². The molecule has 1 unspecified atom stereocenters. The molecule has 0 amide bonds. The smallest absolute Gasteiger partial charge is 0.249 e. The third kappa shape index (κ3) is 5.83. The van der Waals surface area contributed by atoms with Gasteiger partial charge in [0.2, 0.25) is 5.69 Å². The minimum Gasteiger partial charge on any atom is -0.337 e. The van der Waals surface area contributed by atoms with Crippen LogP contribution in [-0.4, -0.2) is 25.1 Å². The number of hydrogen-bond acceptors (Lipinski definition) is 4. The van der Waals surface area contributed by atoms with Gasteiger partial charge in [-0.15, -0.1) is 0 Å². The summed E-state index contributed by atoms with van der Waals surface area (Å²) in [5, 5.41) is 2.95. The average Bonchev–Trinajstić information content (AvgIpc) is 2.28. The summed E-state index contributed by atoms with van der Waals surface area (Å²) in [6.07, 6.45) is 0. The maximum atomic E-state index is 10.1. The van der Waals surface area contributed by atoms with Gasteiger partial charge in [-0.25, -0.2) is 0 Å². The Morgan fingerprint density at radius 1 is 1.50 bits per heavy atom. The molecular weight excluding hydrogens is 285 g/mol. The second-order valence-corrected chi connectivity index (χ2v) is 10.3. The van der Waals surface area contributed by atoms with Gasteiger partial charge in [-0.1, -0.05) is 26.0 Å². The first kappa shape index (κ1) is 16.2. The average molecular weight is 305 g/mol. The van der Waals surface area contributed by atoms with Crippen LogP contribution in [0.2, 0.25) is 0 Å². The first-order valence-corrected chi connectivity index (χ1v) is 9.95. The number of nitrogens with one attached hydrogen (secondary N) is 1. The monoisotopic (exact) mass is 305 g/mol. The van der Waals surface area contributed by atoms with Crippen LogP contribution in [0.3, 0.4) is 0 Å². The van der Waals surface area contributed by atoms with Crippen molar-refractivity contribution in [3.63, 3.8) is 0 Å². The number of benzene rings is 1. The van der Waals surface area contributed by atoms with E-state index in [4.69, 9.17) is 16.3 Å². The van der Waals surface area contributed by atoms with Crippen LogP contribution < -0.4 is 5.32 Å². The summed E-state index contributed by atoms with van der Waals surface area (Å²) in [6.45, 7) is 5.40. The lowest BCUT2D eigenvalue weighted by atomic mass is 10.0. The Labute approximate surface area is 118 Å². The fourth-order valence-electron chi connectivity index (χ4n) is 1.35. The van der Waals surface area contributed by atoms with Crippen LogP contribution in [0.15, 0.2) is 29.2 Å². The zero-order valence-electron chi connectivity index (χ0n) is 10.9. The van der Waals surface area contributed by atoms with E-state index in [1.165, 1.54) is 16.9 Å². The second kappa shape index (κ2) is 7.63. The molecule has 0 heterocycles. The summed E-state index contributed by atoms with van der Waals surface area (Å²) < 4.78 is 5.36. The number of likely N-dealkylation sites (N-methyl/N-ethyl adjacent to an activating group) is 1. The van der Waals surface area contributed by atoms with Crippen molar-refractivity contribution in [3.05, 3.63) is 29.8 Å². The van der Waals surface area contributed by atoms with Crippen molar-refractivity contribution in [2.45, 2.75) is 24.7 Å². The van der Waals surface area contributed by atoms with Gasteiger partial charge < -0.3 is 14.7 Å². The standard InChI is InChI=1S/C12H20NO2PS2/c1-10(2)11-5-4-6-12(9-11)18-16(14,17)15-8-7-13-3/h4-6,9-10,13H,7-8H2,1-3H3,(H,14,17). The van der Waals surface area contributed by atoms with E-state index in [2.05, 4.69) is 31.3 Å². The molecule has 0 fully saturated rings. The van der Waals surface area contributed by atoms with Gasteiger partial charge in [0.25, 0.3) is 0 Å². The molecule has 0 saturated heterocycles. The van der Waals surface area contributed by atoms with Gasteiger partial charge in [0.1, 0.15) is 0 Å². The van der Waals surface area contributed by atoms with Gasteiger partial charge in [-0.2, -0.15) is 0 Å². The van der Waals surface area contributed by atoms with Crippen LogP contribution in [0.4, 0.5) is 0 Å². The fourth-order valence-corrected chi connectivity index (χ4v) is 4.84. The Bertz CT molecular complexity index is 426. The minimum absolute atomic E-state index is 0.432. The largest absolute Gasteiger partial charge is 0.337 e. The van der Waals surface area contributed by atoms with Crippen LogP contribution in [0.25, 0.3) is 0 Å². The van der Waals surface area contributed by atoms with Crippen LogP contribution in [0, 0.1) is 0 Å². The van der Waals surface area contributed by atoms with Crippen molar-refractivity contribution in [2.24, 2.45) is 0 Å². The van der Waals surface area contributed by atoms with E-state index in [-0.39, 0.29) is 0 Å². The summed E-state index contributed by atoms with van der Waals surface area (Å²) in [7, 11) is 1.84. The fraction of sp³-hybridized carbons (Fsp3) is 0.500. The predicted octanol–water partition coefficient (Wildman–Crippen LogP) is 3.35. The Hall–Kier alpha value is 0.100. The Morgan fingerprint density at radius 3 is 2.83 bits per heavy atom. The molecule has 0 saturated carbocycles. The lowest BCUT2D eigenvalue weighted by Crippen LogP contribution is -2.12. The van der Waals surface area contributed by atoms with Gasteiger partial charge in [0.15, 0.2) is 0 Å². The molecule has 6 heteroatoms. The zero-order chi connectivity index (χ0) is 13.6. The quantitative estimate of drug-likeness (QED) is 0.597. The van der Waals surface area contributed by atoms with Crippen LogP contribution in [-0.2, 0) is 16.3 Å². The molecule has 1 atom stereocenters. The van der Waals surface area contributed by atoms with Crippen molar-refractivity contribution >= 4 is 28.9 Å². The van der Waals surface area contributed by atoms with Crippen LogP contribution in [0.1, 0.15) is 25.3 Å². The van der Waals surface area contributed by atoms with Gasteiger partial charge in [-0.05, 0) is 53.9 Å². The van der Waals surface area contributed by atoms with E-state index in [0.717, 1.165) is 4.90 Å². The molecule has 0 aliphatic heterocycles. The molecule has 0 spiro atoms. The minimum atomic E-state index is -2.78. The molecule has 0 bridgehead atoms. The Morgan fingerprint density at radius 2 is 2.22 bits per heavy atom. The molecule has 18 heavy (non-hydrogen) atoms. The maximum Gasteiger partial charge on any atom is 0.249 e. The summed E-state index contributed by atoms with van der Waals surface area (Å²) in [5.74, 6) is 0.465. The molecule has 0 aliphatic rings. The third-order valence-corrected chi connectivity index (χ3v) is 6.18. The molecule has 1 aromatic carbocycles. The van der Waals surface area contributed by atoms with Crippen LogP contribution >= 0.6 is 17.1 Å². The second-order valence-electron chi connectivity index (χ2n) is 4.22. The van der Waals surface area contributed by atoms with Gasteiger partial charge >= 0.3 is 0 Å². The molecule has 0 radical (unpaired) electrons. The normalized spacial score (nSPS) is 14.7. The maximum absolute atomic E-state index is 10.1. The Balaban J connectivity index is 2.65. The van der Waals surface area contributed by atoms with Gasteiger partial charge in [0, 0.05) is 11.4 Å². The molecule has 1 aromatic rings. The van der Waals surface area contributed by atoms with E-state index in [9.17, 15) is 4.89 Å². The van der Waals surface area contributed by atoms with Crippen molar-refractivity contribution in [3.8, 4) is 0 Å². The first-order chi connectivity index (χ1) is 8.44. The summed E-state index contributed by atoms with van der Waals surface area (Å²) in [6, 6.07) is 8.08. The van der Waals surface area contributed by atoms with Crippen molar-refractivity contribution in [2.75, 3.05) is 20.2 Å². The van der Waals surface area contributed by atoms with E-state index in [1.54, 1.807) is 0 Å². The van der Waals surface area contributed by atoms with E-state index >= 15 is 0 Å². The van der Waals surface area contributed by atoms with Crippen LogP contribution in [0.5, 0.6) is 0 Å². The highest BCUT2D eigenvalue weighted by Crippen LogP contribution is 2.59. The zero-order valence-corrected chi connectivity index (χ0v) is 13.4. The summed E-state index contributed by atoms with van der Waals surface area (Å²) in [5.41, 5.74) is -1.54. The third-order valence-electron chi connectivity index (χ3n) is 2.35. The first-order valence-electron chi connectivity index (χ1n) is 5.86. The van der Waals surface area contributed by atoms with Crippen molar-refractivity contribution in [1.82, 2.24) is 5.32 Å². The van der Waals surface area contributed by atoms with Gasteiger partial charge in [-0.3, -0.25) is 0 Å². The molecular formula is C12H20NO2PS2. The Kier molecular flexibility index (Phi) is 6.85. The van der Waals surface area contributed by atoms with Gasteiger partial charge in [0.05, 0.1) is 6.61 Å². The number of rotatable bonds is 7. The highest BCUT2D eigenvalue weighted by molar-refractivity contribution is 8.67. The lowest BCUT2D eigenvalue weighted by molar-refractivity contribution is 0.320. The summed E-state index contributed by atoms with van der Waals surface area (Å²) >= 11 is 6.39. The SMILES string of the molecule is CNCCOP(O)(=S)Sc1cccc(C(C)C)c1. The van der Waals surface area contributed by atoms with Crippen molar-refractivity contribution < 1.29 is 9.42 Å². The van der Waals surface area contributed by atoms with E-state index < -0.39 is 5.69 Å². The van der Waals surface area contributed by atoms with E-state index in [0.29, 0.717) is 19.1 Å². The molecule has 1 rings (SSSR count). The molecule has 0 aromatic heterocycles. The predicted molar refractivity (Wildman–Crippen MR) is 82.8 cm³/mol. The lowest BCUT2D eigenvalue weighted by Gasteiger charge is -2.15. The molecule has 0 aliphatic carbocycles. The van der Waals surface area contributed by atoms with E-state index in [1.807, 2.05) is 19.2 Å². The highest BCUT2D eigenvalue weighted by Gasteiger charge is 2.16. The molecule has 102 valence electrons.